The zero-order valence-electron chi connectivity index (χ0n) is 14.8. The normalized spacial score (nSPS) is 20.4. The van der Waals surface area contributed by atoms with Crippen LogP contribution in [0, 0.1) is 11.3 Å². The van der Waals surface area contributed by atoms with Gasteiger partial charge >= 0.3 is 6.18 Å². The number of nitriles is 1. The SMILES string of the molecule is C[C@]1([C@H](O)c2ccc(Br)cc2)NC(=S)N(c2ccc(C#N)c(C(F)(F)F)c2)C1=O. The fourth-order valence-electron chi connectivity index (χ4n) is 3.06. The summed E-state index contributed by atoms with van der Waals surface area (Å²) in [5.41, 5.74) is -3.04. The van der Waals surface area contributed by atoms with E-state index < -0.39 is 34.9 Å². The van der Waals surface area contributed by atoms with Gasteiger partial charge < -0.3 is 10.4 Å². The van der Waals surface area contributed by atoms with Gasteiger partial charge in [0, 0.05) is 4.47 Å². The highest BCUT2D eigenvalue weighted by Crippen LogP contribution is 2.38. The number of hydrogen-bond acceptors (Lipinski definition) is 4. The summed E-state index contributed by atoms with van der Waals surface area (Å²) >= 11 is 8.45. The molecule has 2 aromatic carbocycles. The number of carbonyl (C=O) groups is 1. The number of rotatable bonds is 3. The Bertz CT molecular complexity index is 1040. The van der Waals surface area contributed by atoms with Gasteiger partial charge in [0.05, 0.1) is 22.9 Å². The number of aliphatic hydroxyl groups excluding tert-OH is 1. The standard InChI is InChI=1S/C19H13BrF3N3O2S/c1-18(15(27)10-2-5-12(20)6-3-10)16(28)26(17(29)25-18)13-7-4-11(9-24)14(8-13)19(21,22)23/h2-8,15,27H,1H3,(H,25,29)/t15-,18-/m1/s1. The second-order valence-electron chi connectivity index (χ2n) is 6.57. The molecule has 29 heavy (non-hydrogen) atoms. The maximum atomic E-state index is 13.3. The van der Waals surface area contributed by atoms with Crippen LogP contribution in [-0.2, 0) is 11.0 Å². The molecule has 0 saturated carbocycles. The predicted octanol–water partition coefficient (Wildman–Crippen LogP) is 4.05. The molecular formula is C19H13BrF3N3O2S. The lowest BCUT2D eigenvalue weighted by atomic mass is 9.89. The second-order valence-corrected chi connectivity index (χ2v) is 7.87. The molecule has 150 valence electrons. The zero-order valence-corrected chi connectivity index (χ0v) is 17.2. The summed E-state index contributed by atoms with van der Waals surface area (Å²) < 4.78 is 40.6. The summed E-state index contributed by atoms with van der Waals surface area (Å²) in [4.78, 5) is 14.0. The highest BCUT2D eigenvalue weighted by atomic mass is 79.9. The third-order valence-electron chi connectivity index (χ3n) is 4.64. The molecule has 10 heteroatoms. The number of nitrogens with zero attached hydrogens (tertiary/aromatic N) is 2. The van der Waals surface area contributed by atoms with Gasteiger partial charge in [0.25, 0.3) is 5.91 Å². The molecule has 1 aliphatic heterocycles. The van der Waals surface area contributed by atoms with Crippen LogP contribution in [-0.4, -0.2) is 21.7 Å². The van der Waals surface area contributed by atoms with E-state index >= 15 is 0 Å². The van der Waals surface area contributed by atoms with Crippen molar-refractivity contribution in [1.29, 1.82) is 5.26 Å². The fourth-order valence-corrected chi connectivity index (χ4v) is 3.72. The van der Waals surface area contributed by atoms with Gasteiger partial charge in [0.2, 0.25) is 0 Å². The largest absolute Gasteiger partial charge is 0.417 e. The van der Waals surface area contributed by atoms with E-state index in [0.29, 0.717) is 11.6 Å². The van der Waals surface area contributed by atoms with Crippen molar-refractivity contribution in [3.8, 4) is 6.07 Å². The smallest absolute Gasteiger partial charge is 0.385 e. The van der Waals surface area contributed by atoms with Crippen molar-refractivity contribution in [2.75, 3.05) is 4.90 Å². The number of benzene rings is 2. The highest BCUT2D eigenvalue weighted by molar-refractivity contribution is 9.10. The first-order valence-corrected chi connectivity index (χ1v) is 9.40. The third kappa shape index (κ3) is 3.73. The van der Waals surface area contributed by atoms with Crippen LogP contribution in [0.25, 0.3) is 0 Å². The highest BCUT2D eigenvalue weighted by Gasteiger charge is 2.52. The van der Waals surface area contributed by atoms with Gasteiger partial charge in [-0.05, 0) is 55.0 Å². The Kier molecular flexibility index (Phi) is 5.42. The summed E-state index contributed by atoms with van der Waals surface area (Å²) in [5.74, 6) is -0.712. The van der Waals surface area contributed by atoms with E-state index in [4.69, 9.17) is 17.5 Å². The Morgan fingerprint density at radius 3 is 2.45 bits per heavy atom. The van der Waals surface area contributed by atoms with E-state index in [1.54, 1.807) is 24.3 Å². The van der Waals surface area contributed by atoms with E-state index in [1.165, 1.54) is 19.1 Å². The molecule has 1 fully saturated rings. The van der Waals surface area contributed by atoms with Gasteiger partial charge in [0.1, 0.15) is 11.6 Å². The van der Waals surface area contributed by atoms with E-state index in [1.807, 2.05) is 0 Å². The number of amides is 1. The molecule has 2 aromatic rings. The van der Waals surface area contributed by atoms with Crippen LogP contribution in [0.3, 0.4) is 0 Å². The van der Waals surface area contributed by atoms with Gasteiger partial charge in [-0.2, -0.15) is 18.4 Å². The first-order valence-electron chi connectivity index (χ1n) is 8.20. The molecule has 1 amide bonds. The van der Waals surface area contributed by atoms with Gasteiger partial charge in [-0.25, -0.2) is 0 Å². The average Bonchev–Trinajstić information content (AvgIpc) is 2.90. The molecule has 1 heterocycles. The Balaban J connectivity index is 2.01. The first-order chi connectivity index (χ1) is 13.5. The second kappa shape index (κ2) is 7.40. The van der Waals surface area contributed by atoms with Gasteiger partial charge in [-0.1, -0.05) is 28.1 Å². The van der Waals surface area contributed by atoms with Crippen molar-refractivity contribution in [2.45, 2.75) is 24.7 Å². The van der Waals surface area contributed by atoms with Crippen LogP contribution in [0.2, 0.25) is 0 Å². The molecule has 2 atom stereocenters. The van der Waals surface area contributed by atoms with E-state index in [0.717, 1.165) is 15.4 Å². The molecule has 0 aromatic heterocycles. The van der Waals surface area contributed by atoms with Crippen LogP contribution in [0.1, 0.15) is 29.7 Å². The molecule has 0 aliphatic carbocycles. The van der Waals surface area contributed by atoms with Crippen molar-refractivity contribution in [3.63, 3.8) is 0 Å². The summed E-state index contributed by atoms with van der Waals surface area (Å²) in [7, 11) is 0. The number of carbonyl (C=O) groups excluding carboxylic acids is 1. The Morgan fingerprint density at radius 2 is 1.90 bits per heavy atom. The number of hydrogen-bond donors (Lipinski definition) is 2. The lowest BCUT2D eigenvalue weighted by molar-refractivity contribution is -0.137. The molecule has 3 rings (SSSR count). The fraction of sp³-hybridized carbons (Fsp3) is 0.211. The van der Waals surface area contributed by atoms with Crippen LogP contribution >= 0.6 is 28.1 Å². The monoisotopic (exact) mass is 483 g/mol. The lowest BCUT2D eigenvalue weighted by Gasteiger charge is -2.28. The van der Waals surface area contributed by atoms with Gasteiger partial charge in [0.15, 0.2) is 5.11 Å². The van der Waals surface area contributed by atoms with Crippen LogP contribution in [0.15, 0.2) is 46.9 Å². The van der Waals surface area contributed by atoms with Crippen LogP contribution in [0.4, 0.5) is 18.9 Å². The minimum absolute atomic E-state index is 0.147. The molecule has 1 saturated heterocycles. The quantitative estimate of drug-likeness (QED) is 0.644. The molecule has 0 radical (unpaired) electrons. The van der Waals surface area contributed by atoms with E-state index in [9.17, 15) is 23.1 Å². The number of alkyl halides is 3. The Hall–Kier alpha value is -2.48. The molecule has 0 spiro atoms. The average molecular weight is 484 g/mol. The van der Waals surface area contributed by atoms with Crippen molar-refractivity contribution < 1.29 is 23.1 Å². The van der Waals surface area contributed by atoms with Crippen molar-refractivity contribution >= 4 is 44.9 Å². The van der Waals surface area contributed by atoms with Crippen LogP contribution < -0.4 is 10.2 Å². The van der Waals surface area contributed by atoms with E-state index in [-0.39, 0.29) is 10.8 Å². The number of nitrogens with one attached hydrogen (secondary N) is 1. The molecule has 2 N–H and O–H groups in total. The zero-order chi connectivity index (χ0) is 21.6. The number of anilines is 1. The lowest BCUT2D eigenvalue weighted by Crippen LogP contribution is -2.49. The Labute approximate surface area is 177 Å². The summed E-state index contributed by atoms with van der Waals surface area (Å²) in [6, 6.07) is 11.0. The maximum absolute atomic E-state index is 13.3. The third-order valence-corrected chi connectivity index (χ3v) is 5.45. The van der Waals surface area contributed by atoms with Crippen LogP contribution in [0.5, 0.6) is 0 Å². The number of aliphatic hydroxyl groups is 1. The van der Waals surface area contributed by atoms with Gasteiger partial charge in [-0.15, -0.1) is 0 Å². The summed E-state index contributed by atoms with van der Waals surface area (Å²) in [6.07, 6.45) is -6.09. The van der Waals surface area contributed by atoms with Gasteiger partial charge in [-0.3, -0.25) is 9.69 Å². The van der Waals surface area contributed by atoms with E-state index in [2.05, 4.69) is 21.2 Å². The van der Waals surface area contributed by atoms with Crippen molar-refractivity contribution in [2.24, 2.45) is 0 Å². The van der Waals surface area contributed by atoms with Crippen molar-refractivity contribution in [3.05, 3.63) is 63.6 Å². The topological polar surface area (TPSA) is 76.4 Å². The minimum Gasteiger partial charge on any atom is -0.385 e. The molecule has 0 unspecified atom stereocenters. The summed E-state index contributed by atoms with van der Waals surface area (Å²) in [5, 5.41) is 22.3. The first kappa shape index (κ1) is 21.2. The number of thiocarbonyl (C=S) groups is 1. The molecule has 0 bridgehead atoms. The number of halogens is 4. The minimum atomic E-state index is -4.78. The Morgan fingerprint density at radius 1 is 1.28 bits per heavy atom. The molecule has 5 nitrogen and oxygen atoms in total. The van der Waals surface area contributed by atoms with Crippen molar-refractivity contribution in [1.82, 2.24) is 5.32 Å². The predicted molar refractivity (Wildman–Crippen MR) is 107 cm³/mol. The molecular weight excluding hydrogens is 471 g/mol. The maximum Gasteiger partial charge on any atom is 0.417 e. The summed E-state index contributed by atoms with van der Waals surface area (Å²) in [6.45, 7) is 1.42. The molecule has 1 aliphatic rings.